The summed E-state index contributed by atoms with van der Waals surface area (Å²) in [6, 6.07) is 12.6. The third kappa shape index (κ3) is 2.89. The van der Waals surface area contributed by atoms with E-state index in [1.54, 1.807) is 19.1 Å². The number of aromatic nitrogens is 3. The zero-order valence-corrected chi connectivity index (χ0v) is 13.9. The Bertz CT molecular complexity index is 956. The second-order valence-corrected chi connectivity index (χ2v) is 5.81. The summed E-state index contributed by atoms with van der Waals surface area (Å²) in [6.45, 7) is 1.86. The van der Waals surface area contributed by atoms with Gasteiger partial charge in [-0.15, -0.1) is 5.10 Å². The maximum Gasteiger partial charge on any atom is 0.278 e. The van der Waals surface area contributed by atoms with Gasteiger partial charge in [0, 0.05) is 12.1 Å². The predicted octanol–water partition coefficient (Wildman–Crippen LogP) is 3.21. The molecule has 0 fully saturated rings. The van der Waals surface area contributed by atoms with E-state index >= 15 is 0 Å². The highest BCUT2D eigenvalue weighted by Crippen LogP contribution is 2.39. The van der Waals surface area contributed by atoms with Crippen LogP contribution in [0.3, 0.4) is 0 Å². The van der Waals surface area contributed by atoms with Gasteiger partial charge in [0.2, 0.25) is 6.79 Å². The molecule has 0 aliphatic carbocycles. The number of nitrogens with zero attached hydrogens (tertiary/aromatic N) is 3. The van der Waals surface area contributed by atoms with Crippen LogP contribution in [-0.2, 0) is 0 Å². The molecule has 1 N–H and O–H groups in total. The van der Waals surface area contributed by atoms with E-state index in [0.717, 1.165) is 5.69 Å². The number of hydrogen-bond acceptors (Lipinski definition) is 5. The smallest absolute Gasteiger partial charge is 0.278 e. The van der Waals surface area contributed by atoms with Crippen LogP contribution in [0.5, 0.6) is 11.5 Å². The number of hydrogen-bond donors (Lipinski definition) is 1. The lowest BCUT2D eigenvalue weighted by Gasteiger charge is -2.07. The Morgan fingerprint density at radius 2 is 1.88 bits per heavy atom. The largest absolute Gasteiger partial charge is 0.454 e. The van der Waals surface area contributed by atoms with Crippen LogP contribution in [0.15, 0.2) is 42.5 Å². The van der Waals surface area contributed by atoms with Crippen molar-refractivity contribution >= 4 is 23.2 Å². The molecule has 1 aromatic heterocycles. The van der Waals surface area contributed by atoms with Crippen LogP contribution in [0.1, 0.15) is 16.2 Å². The van der Waals surface area contributed by atoms with E-state index in [4.69, 9.17) is 21.1 Å². The van der Waals surface area contributed by atoms with Crippen molar-refractivity contribution < 1.29 is 14.3 Å². The lowest BCUT2D eigenvalue weighted by molar-refractivity contribution is 0.102. The average molecular weight is 357 g/mol. The van der Waals surface area contributed by atoms with Gasteiger partial charge in [-0.1, -0.05) is 29.8 Å². The summed E-state index contributed by atoms with van der Waals surface area (Å²) in [6.07, 6.45) is 0. The van der Waals surface area contributed by atoms with Crippen molar-refractivity contribution in [1.29, 1.82) is 0 Å². The van der Waals surface area contributed by atoms with Crippen LogP contribution in [0.2, 0.25) is 5.02 Å². The minimum atomic E-state index is -0.402. The van der Waals surface area contributed by atoms with Gasteiger partial charge in [0.15, 0.2) is 17.2 Å². The van der Waals surface area contributed by atoms with Gasteiger partial charge in [0.05, 0.1) is 22.1 Å². The van der Waals surface area contributed by atoms with E-state index in [9.17, 15) is 4.79 Å². The molecule has 4 rings (SSSR count). The number of rotatable bonds is 3. The Kier molecular flexibility index (Phi) is 3.77. The van der Waals surface area contributed by atoms with Crippen molar-refractivity contribution in [3.63, 3.8) is 0 Å². The number of ether oxygens (including phenoxy) is 2. The SMILES string of the molecule is Cc1nn(-c2ccccc2)nc1C(=O)Nc1cc2c(cc1Cl)OCO2. The molecule has 2 aromatic carbocycles. The summed E-state index contributed by atoms with van der Waals surface area (Å²) in [4.78, 5) is 14.0. The summed E-state index contributed by atoms with van der Waals surface area (Å²) < 4.78 is 10.6. The highest BCUT2D eigenvalue weighted by Gasteiger charge is 2.21. The Hall–Kier alpha value is -3.06. The van der Waals surface area contributed by atoms with Crippen molar-refractivity contribution in [2.45, 2.75) is 6.92 Å². The molecule has 0 saturated carbocycles. The molecular formula is C17H13ClN4O3. The number of anilines is 1. The van der Waals surface area contributed by atoms with Crippen LogP contribution in [0, 0.1) is 6.92 Å². The lowest BCUT2D eigenvalue weighted by atomic mass is 10.2. The standard InChI is InChI=1S/C17H13ClN4O3/c1-10-16(21-22(20-10)11-5-3-2-4-6-11)17(23)19-13-8-15-14(7-12(13)18)24-9-25-15/h2-8H,9H2,1H3,(H,19,23). The van der Waals surface area contributed by atoms with Gasteiger partial charge in [-0.05, 0) is 19.1 Å². The van der Waals surface area contributed by atoms with Crippen molar-refractivity contribution in [1.82, 2.24) is 15.0 Å². The summed E-state index contributed by atoms with van der Waals surface area (Å²) in [5.74, 6) is 0.680. The van der Waals surface area contributed by atoms with Gasteiger partial charge in [0.1, 0.15) is 0 Å². The number of para-hydroxylation sites is 1. The van der Waals surface area contributed by atoms with Crippen LogP contribution in [-0.4, -0.2) is 27.7 Å². The first-order valence-electron chi connectivity index (χ1n) is 7.51. The molecule has 0 bridgehead atoms. The Labute approximate surface area is 148 Å². The molecule has 1 amide bonds. The van der Waals surface area contributed by atoms with E-state index in [1.807, 2.05) is 30.3 Å². The zero-order valence-electron chi connectivity index (χ0n) is 13.2. The summed E-state index contributed by atoms with van der Waals surface area (Å²) in [7, 11) is 0. The Morgan fingerprint density at radius 3 is 2.64 bits per heavy atom. The van der Waals surface area contributed by atoms with Crippen molar-refractivity contribution in [2.75, 3.05) is 12.1 Å². The fourth-order valence-corrected chi connectivity index (χ4v) is 2.66. The van der Waals surface area contributed by atoms with E-state index < -0.39 is 5.91 Å². The molecule has 25 heavy (non-hydrogen) atoms. The number of aryl methyl sites for hydroxylation is 1. The van der Waals surface area contributed by atoms with Gasteiger partial charge < -0.3 is 14.8 Å². The summed E-state index contributed by atoms with van der Waals surface area (Å²) >= 11 is 6.19. The summed E-state index contributed by atoms with van der Waals surface area (Å²) in [5.41, 5.74) is 1.92. The fraction of sp³-hybridized carbons (Fsp3) is 0.118. The molecule has 0 saturated heterocycles. The second-order valence-electron chi connectivity index (χ2n) is 5.40. The van der Waals surface area contributed by atoms with Gasteiger partial charge in [-0.3, -0.25) is 4.79 Å². The topological polar surface area (TPSA) is 78.3 Å². The number of nitrogens with one attached hydrogen (secondary N) is 1. The molecule has 0 spiro atoms. The molecule has 2 heterocycles. The third-order valence-corrected chi connectivity index (χ3v) is 4.01. The molecule has 126 valence electrons. The van der Waals surface area contributed by atoms with Gasteiger partial charge in [-0.2, -0.15) is 9.90 Å². The zero-order chi connectivity index (χ0) is 17.4. The monoisotopic (exact) mass is 356 g/mol. The van der Waals surface area contributed by atoms with Crippen molar-refractivity contribution in [3.05, 3.63) is 58.9 Å². The Morgan fingerprint density at radius 1 is 1.16 bits per heavy atom. The first kappa shape index (κ1) is 15.5. The lowest BCUT2D eigenvalue weighted by Crippen LogP contribution is -2.14. The second kappa shape index (κ2) is 6.10. The maximum atomic E-state index is 12.6. The number of carbonyl (C=O) groups excluding carboxylic acids is 1. The van der Waals surface area contributed by atoms with Gasteiger partial charge in [0.25, 0.3) is 5.91 Å². The quantitative estimate of drug-likeness (QED) is 0.779. The normalized spacial score (nSPS) is 12.2. The van der Waals surface area contributed by atoms with Crippen LogP contribution in [0.4, 0.5) is 5.69 Å². The fourth-order valence-electron chi connectivity index (χ4n) is 2.46. The third-order valence-electron chi connectivity index (χ3n) is 3.69. The van der Waals surface area contributed by atoms with Gasteiger partial charge in [-0.25, -0.2) is 0 Å². The highest BCUT2D eigenvalue weighted by atomic mass is 35.5. The molecule has 1 aliphatic heterocycles. The maximum absolute atomic E-state index is 12.6. The molecule has 0 unspecified atom stereocenters. The van der Waals surface area contributed by atoms with E-state index in [0.29, 0.717) is 27.9 Å². The number of amides is 1. The minimum Gasteiger partial charge on any atom is -0.454 e. The molecule has 8 heteroatoms. The first-order valence-corrected chi connectivity index (χ1v) is 7.89. The predicted molar refractivity (Wildman–Crippen MR) is 91.6 cm³/mol. The number of halogens is 1. The molecule has 0 atom stereocenters. The van der Waals surface area contributed by atoms with Crippen LogP contribution in [0.25, 0.3) is 5.69 Å². The molecule has 1 aliphatic rings. The van der Waals surface area contributed by atoms with Crippen LogP contribution >= 0.6 is 11.6 Å². The van der Waals surface area contributed by atoms with E-state index in [-0.39, 0.29) is 12.5 Å². The van der Waals surface area contributed by atoms with Gasteiger partial charge >= 0.3 is 0 Å². The Balaban J connectivity index is 1.61. The first-order chi connectivity index (χ1) is 12.1. The van der Waals surface area contributed by atoms with Crippen molar-refractivity contribution in [3.8, 4) is 17.2 Å². The molecular weight excluding hydrogens is 344 g/mol. The van der Waals surface area contributed by atoms with Crippen molar-refractivity contribution in [2.24, 2.45) is 0 Å². The minimum absolute atomic E-state index is 0.133. The summed E-state index contributed by atoms with van der Waals surface area (Å²) in [5, 5.41) is 11.7. The number of benzene rings is 2. The number of fused-ring (bicyclic) bond motifs is 1. The van der Waals surface area contributed by atoms with E-state index in [1.165, 1.54) is 4.80 Å². The average Bonchev–Trinajstić information content (AvgIpc) is 3.22. The molecule has 7 nitrogen and oxygen atoms in total. The molecule has 0 radical (unpaired) electrons. The highest BCUT2D eigenvalue weighted by molar-refractivity contribution is 6.34. The number of carbonyl (C=O) groups is 1. The molecule has 3 aromatic rings. The van der Waals surface area contributed by atoms with E-state index in [2.05, 4.69) is 15.5 Å². The van der Waals surface area contributed by atoms with Crippen LogP contribution < -0.4 is 14.8 Å².